The average molecular weight is 616 g/mol. The minimum absolute atomic E-state index is 0.890. The minimum Gasteiger partial charge on any atom is -0.475 e. The fraction of sp³-hybridized carbons (Fsp3) is 0.419. The van der Waals surface area contributed by atoms with Crippen molar-refractivity contribution < 1.29 is 27.8 Å². The van der Waals surface area contributed by atoms with Crippen LogP contribution in [0.3, 0.4) is 0 Å². The number of alkyl halides is 3. The van der Waals surface area contributed by atoms with E-state index in [0.29, 0.717) is 0 Å². The molecule has 0 aliphatic carbocycles. The second-order valence-electron chi connectivity index (χ2n) is 10.8. The van der Waals surface area contributed by atoms with Crippen molar-refractivity contribution in [2.45, 2.75) is 19.6 Å². The highest BCUT2D eigenvalue weighted by molar-refractivity contribution is 7.18. The minimum atomic E-state index is -5.08. The maximum absolute atomic E-state index is 10.6. The van der Waals surface area contributed by atoms with E-state index in [-0.39, 0.29) is 0 Å². The van der Waals surface area contributed by atoms with Crippen molar-refractivity contribution in [1.82, 2.24) is 24.7 Å². The summed E-state index contributed by atoms with van der Waals surface area (Å²) in [5, 5.41) is 7.12. The lowest BCUT2D eigenvalue weighted by molar-refractivity contribution is -0.192. The van der Waals surface area contributed by atoms with Crippen LogP contribution in [0.2, 0.25) is 0 Å². The number of carboxylic acids is 1. The van der Waals surface area contributed by atoms with Gasteiger partial charge in [0.25, 0.3) is 0 Å². The number of para-hydroxylation sites is 1. The molecule has 2 aromatic heterocycles. The van der Waals surface area contributed by atoms with Gasteiger partial charge in [0.2, 0.25) is 0 Å². The number of fused-ring (bicyclic) bond motifs is 1. The second kappa shape index (κ2) is 14.0. The van der Waals surface area contributed by atoms with Crippen molar-refractivity contribution in [2.24, 2.45) is 0 Å². The van der Waals surface area contributed by atoms with E-state index in [1.54, 1.807) is 11.3 Å². The number of H-pyrrole nitrogens is 1. The third-order valence-electron chi connectivity index (χ3n) is 7.74. The first-order valence-corrected chi connectivity index (χ1v) is 15.2. The molecule has 8 nitrogen and oxygen atoms in total. The zero-order chi connectivity index (χ0) is 30.4. The number of hydrogen-bond donors (Lipinski definition) is 2. The number of carboxylic acid groups (broad SMARTS) is 1. The largest absolute Gasteiger partial charge is 0.490 e. The Morgan fingerprint density at radius 3 is 2.14 bits per heavy atom. The number of halogens is 3. The summed E-state index contributed by atoms with van der Waals surface area (Å²) in [4.78, 5) is 27.4. The van der Waals surface area contributed by atoms with E-state index in [9.17, 15) is 13.2 Å². The van der Waals surface area contributed by atoms with Gasteiger partial charge in [-0.15, -0.1) is 11.3 Å². The summed E-state index contributed by atoms with van der Waals surface area (Å²) in [6.07, 6.45) is -5.08. The average Bonchev–Trinajstić information content (AvgIpc) is 3.66. The number of aliphatic carboxylic acids is 1. The number of carbonyl (C=O) groups is 1. The summed E-state index contributed by atoms with van der Waals surface area (Å²) in [7, 11) is 0. The van der Waals surface area contributed by atoms with Crippen LogP contribution in [-0.4, -0.2) is 107 Å². The molecule has 2 aliphatic heterocycles. The van der Waals surface area contributed by atoms with Crippen LogP contribution in [0.15, 0.2) is 54.6 Å². The molecule has 6 rings (SSSR count). The number of hydrogen-bond acceptors (Lipinski definition) is 7. The number of imidazole rings is 1. The van der Waals surface area contributed by atoms with Crippen molar-refractivity contribution in [3.63, 3.8) is 0 Å². The van der Waals surface area contributed by atoms with Crippen molar-refractivity contribution >= 4 is 28.3 Å². The zero-order valence-corrected chi connectivity index (χ0v) is 24.9. The lowest BCUT2D eigenvalue weighted by Gasteiger charge is -2.36. The van der Waals surface area contributed by atoms with Crippen LogP contribution in [0, 0.1) is 6.92 Å². The van der Waals surface area contributed by atoms with Gasteiger partial charge >= 0.3 is 12.1 Å². The van der Waals surface area contributed by atoms with E-state index in [1.165, 1.54) is 52.6 Å². The van der Waals surface area contributed by atoms with Gasteiger partial charge in [-0.2, -0.15) is 13.2 Å². The van der Waals surface area contributed by atoms with Gasteiger partial charge in [-0.1, -0.05) is 36.4 Å². The Morgan fingerprint density at radius 2 is 1.51 bits per heavy atom. The van der Waals surface area contributed by atoms with Gasteiger partial charge in [0.05, 0.1) is 29.1 Å². The van der Waals surface area contributed by atoms with E-state index >= 15 is 0 Å². The normalized spacial score (nSPS) is 17.1. The van der Waals surface area contributed by atoms with Crippen LogP contribution in [-0.2, 0) is 16.1 Å². The van der Waals surface area contributed by atoms with Crippen LogP contribution in [0.5, 0.6) is 0 Å². The molecule has 2 N–H and O–H groups in total. The number of benzene rings is 2. The van der Waals surface area contributed by atoms with Crippen LogP contribution in [0.4, 0.5) is 13.2 Å². The number of aryl methyl sites for hydroxylation is 1. The van der Waals surface area contributed by atoms with Gasteiger partial charge in [0.15, 0.2) is 0 Å². The highest BCUT2D eigenvalue weighted by atomic mass is 32.1. The Hall–Kier alpha value is -3.29. The Morgan fingerprint density at radius 1 is 0.907 bits per heavy atom. The van der Waals surface area contributed by atoms with Crippen molar-refractivity contribution in [3.8, 4) is 21.1 Å². The third kappa shape index (κ3) is 8.42. The van der Waals surface area contributed by atoms with Gasteiger partial charge in [-0.3, -0.25) is 14.7 Å². The first-order valence-electron chi connectivity index (χ1n) is 14.4. The summed E-state index contributed by atoms with van der Waals surface area (Å²) >= 11 is 1.80. The summed E-state index contributed by atoms with van der Waals surface area (Å²) in [6, 6.07) is 19.8. The monoisotopic (exact) mass is 615 g/mol. The molecule has 0 atom stereocenters. The molecule has 2 fully saturated rings. The lowest BCUT2D eigenvalue weighted by atomic mass is 10.1. The summed E-state index contributed by atoms with van der Waals surface area (Å²) < 4.78 is 37.2. The Bertz CT molecular complexity index is 1490. The Labute approximate surface area is 252 Å². The molecule has 230 valence electrons. The van der Waals surface area contributed by atoms with Gasteiger partial charge < -0.3 is 14.8 Å². The number of piperazine rings is 1. The van der Waals surface area contributed by atoms with Crippen LogP contribution in [0.25, 0.3) is 32.2 Å². The second-order valence-corrected chi connectivity index (χ2v) is 11.9. The smallest absolute Gasteiger partial charge is 0.475 e. The molecule has 0 radical (unpaired) electrons. The quantitative estimate of drug-likeness (QED) is 0.290. The highest BCUT2D eigenvalue weighted by Gasteiger charge is 2.38. The predicted molar refractivity (Wildman–Crippen MR) is 162 cm³/mol. The molecule has 0 saturated carbocycles. The third-order valence-corrected chi connectivity index (χ3v) is 8.88. The van der Waals surface area contributed by atoms with Crippen molar-refractivity contribution in [2.75, 3.05) is 65.6 Å². The molecule has 4 heterocycles. The maximum Gasteiger partial charge on any atom is 0.490 e. The molecule has 0 spiro atoms. The van der Waals surface area contributed by atoms with Crippen molar-refractivity contribution in [1.29, 1.82) is 0 Å². The molecule has 0 unspecified atom stereocenters. The van der Waals surface area contributed by atoms with E-state index < -0.39 is 12.1 Å². The number of rotatable bonds is 7. The fourth-order valence-corrected chi connectivity index (χ4v) is 6.18. The van der Waals surface area contributed by atoms with Crippen molar-refractivity contribution in [3.05, 3.63) is 65.7 Å². The fourth-order valence-electron chi connectivity index (χ4n) is 5.22. The molecule has 0 bridgehead atoms. The number of nitrogens with zero attached hydrogens (tertiary/aromatic N) is 4. The SMILES string of the molecule is Cc1cccc2[nH]c(-c3ccc(-c4ccc(CN5CCN(CCN6CCOCC6)CC5)cc4)s3)nc12.O=C(O)C(F)(F)F. The maximum atomic E-state index is 10.6. The van der Waals surface area contributed by atoms with Gasteiger partial charge in [-0.05, 0) is 41.8 Å². The summed E-state index contributed by atoms with van der Waals surface area (Å²) in [6.45, 7) is 14.1. The molecule has 2 aliphatic rings. The topological polar surface area (TPSA) is 84.9 Å². The molecule has 12 heteroatoms. The first-order chi connectivity index (χ1) is 20.7. The molecule has 2 saturated heterocycles. The van der Waals surface area contributed by atoms with Crippen LogP contribution >= 0.6 is 11.3 Å². The highest BCUT2D eigenvalue weighted by Crippen LogP contribution is 2.34. The molecule has 43 heavy (non-hydrogen) atoms. The van der Waals surface area contributed by atoms with E-state index in [2.05, 4.69) is 81.2 Å². The molecular formula is C31H36F3N5O3S. The zero-order valence-electron chi connectivity index (χ0n) is 24.1. The van der Waals surface area contributed by atoms with Gasteiger partial charge in [0, 0.05) is 63.8 Å². The molecule has 2 aromatic carbocycles. The molecular weight excluding hydrogens is 579 g/mol. The molecule has 4 aromatic rings. The van der Waals surface area contributed by atoms with E-state index in [0.717, 1.165) is 62.8 Å². The number of aromatic amines is 1. The summed E-state index contributed by atoms with van der Waals surface area (Å²) in [5.41, 5.74) is 6.03. The number of aromatic nitrogens is 2. The molecule has 0 amide bonds. The standard InChI is InChI=1S/C29H35N5OS.C2HF3O2/c1-22-3-2-4-25-28(22)31-29(30-25)27-10-9-26(36-27)24-7-5-23(6-8-24)21-34-15-13-32(14-16-34)11-12-33-17-19-35-20-18-33;3-2(4,5)1(6)7/h2-10H,11-21H2,1H3,(H,30,31);(H,6,7). The number of morpholine rings is 1. The van der Waals surface area contributed by atoms with Gasteiger partial charge in [0.1, 0.15) is 5.82 Å². The Kier molecular flexibility index (Phi) is 10.1. The van der Waals surface area contributed by atoms with Crippen LogP contribution in [0.1, 0.15) is 11.1 Å². The first kappa shape index (κ1) is 31.1. The number of nitrogens with one attached hydrogen (secondary N) is 1. The van der Waals surface area contributed by atoms with E-state index in [1.807, 2.05) is 0 Å². The summed E-state index contributed by atoms with van der Waals surface area (Å²) in [5.74, 6) is -1.80. The van der Waals surface area contributed by atoms with Crippen LogP contribution < -0.4 is 0 Å². The number of thiophene rings is 1. The predicted octanol–water partition coefficient (Wildman–Crippen LogP) is 5.35. The van der Waals surface area contributed by atoms with E-state index in [4.69, 9.17) is 19.6 Å². The lowest BCUT2D eigenvalue weighted by Crippen LogP contribution is -2.49. The van der Waals surface area contributed by atoms with Gasteiger partial charge in [-0.25, -0.2) is 9.78 Å². The Balaban J connectivity index is 0.000000472. The number of ether oxygens (including phenoxy) is 1.